The van der Waals surface area contributed by atoms with E-state index in [9.17, 15) is 0 Å². The van der Waals surface area contributed by atoms with Gasteiger partial charge in [-0.3, -0.25) is 4.98 Å². The van der Waals surface area contributed by atoms with Crippen molar-refractivity contribution >= 4 is 88.4 Å². The number of fused-ring (bicyclic) bond motifs is 10. The summed E-state index contributed by atoms with van der Waals surface area (Å²) < 4.78 is 7.10. The highest BCUT2D eigenvalue weighted by Crippen LogP contribution is 2.44. The van der Waals surface area contributed by atoms with Crippen molar-refractivity contribution in [3.05, 3.63) is 194 Å². The van der Waals surface area contributed by atoms with Crippen molar-refractivity contribution in [2.75, 3.05) is 5.75 Å². The molecule has 11 aromatic rings. The third-order valence-electron chi connectivity index (χ3n) is 11.7. The van der Waals surface area contributed by atoms with Gasteiger partial charge in [-0.2, -0.15) is 0 Å². The van der Waals surface area contributed by atoms with Crippen molar-refractivity contribution in [3.8, 4) is 22.5 Å². The molecule has 5 heterocycles. The standard InChI is InChI=1S/C52H34N4S/c1-33(28-35-32-57-51-25-23-37(30-42(35)51)56-46-19-9-6-15-40(46)44-31-53-27-26-49(44)56)54-45-18-8-5-14-39(45)43-29-34(22-24-48(43)54)38-17-11-21-50-52(38)41-16-7-10-20-47(41)55(50)36-12-3-2-4-13-36/h2-31H,1,32H2/b35-28+. The van der Waals surface area contributed by atoms with E-state index in [1.165, 1.54) is 70.6 Å². The Morgan fingerprint density at radius 3 is 2.04 bits per heavy atom. The molecule has 0 N–H and O–H groups in total. The summed E-state index contributed by atoms with van der Waals surface area (Å²) in [5.74, 6) is 0.900. The van der Waals surface area contributed by atoms with Crippen molar-refractivity contribution in [1.29, 1.82) is 0 Å². The van der Waals surface area contributed by atoms with Crippen LogP contribution in [0.4, 0.5) is 0 Å². The lowest BCUT2D eigenvalue weighted by molar-refractivity contribution is 1.16. The van der Waals surface area contributed by atoms with Crippen LogP contribution in [0.1, 0.15) is 5.56 Å². The zero-order valence-corrected chi connectivity index (χ0v) is 31.7. The highest BCUT2D eigenvalue weighted by atomic mass is 32.2. The number of pyridine rings is 1. The molecule has 0 saturated heterocycles. The van der Waals surface area contributed by atoms with Gasteiger partial charge in [0.2, 0.25) is 0 Å². The molecule has 4 aromatic heterocycles. The fourth-order valence-electron chi connectivity index (χ4n) is 9.31. The summed E-state index contributed by atoms with van der Waals surface area (Å²) in [4.78, 5) is 5.76. The molecule has 57 heavy (non-hydrogen) atoms. The maximum atomic E-state index is 4.74. The molecule has 1 aliphatic rings. The third-order valence-corrected chi connectivity index (χ3v) is 12.9. The average Bonchev–Trinajstić information content (AvgIpc) is 4.01. The fourth-order valence-corrected chi connectivity index (χ4v) is 10.4. The molecule has 4 nitrogen and oxygen atoms in total. The maximum Gasteiger partial charge on any atom is 0.0571 e. The van der Waals surface area contributed by atoms with Crippen molar-refractivity contribution in [1.82, 2.24) is 18.7 Å². The lowest BCUT2D eigenvalue weighted by atomic mass is 9.98. The topological polar surface area (TPSA) is 27.7 Å². The molecule has 7 aromatic carbocycles. The van der Waals surface area contributed by atoms with Gasteiger partial charge in [-0.1, -0.05) is 97.6 Å². The van der Waals surface area contributed by atoms with Crippen LogP contribution in [0.3, 0.4) is 0 Å². The average molecular weight is 747 g/mol. The van der Waals surface area contributed by atoms with Crippen LogP contribution < -0.4 is 0 Å². The van der Waals surface area contributed by atoms with E-state index in [0.29, 0.717) is 0 Å². The molecule has 0 fully saturated rings. The highest BCUT2D eigenvalue weighted by molar-refractivity contribution is 8.00. The van der Waals surface area contributed by atoms with Gasteiger partial charge in [0.15, 0.2) is 0 Å². The Balaban J connectivity index is 0.988. The predicted octanol–water partition coefficient (Wildman–Crippen LogP) is 13.7. The molecule has 0 atom stereocenters. The number of rotatable bonds is 5. The molecular formula is C52H34N4S. The first-order valence-corrected chi connectivity index (χ1v) is 20.3. The third kappa shape index (κ3) is 4.79. The van der Waals surface area contributed by atoms with E-state index in [1.807, 2.05) is 24.2 Å². The predicted molar refractivity (Wildman–Crippen MR) is 242 cm³/mol. The second-order valence-corrected chi connectivity index (χ2v) is 15.9. The Hall–Kier alpha value is -7.08. The number of nitrogens with zero attached hydrogens (tertiary/aromatic N) is 4. The first kappa shape index (κ1) is 32.2. The summed E-state index contributed by atoms with van der Waals surface area (Å²) in [7, 11) is 0. The number of hydrogen-bond donors (Lipinski definition) is 0. The van der Waals surface area contributed by atoms with E-state index in [4.69, 9.17) is 6.58 Å². The molecular weight excluding hydrogens is 713 g/mol. The van der Waals surface area contributed by atoms with Gasteiger partial charge in [-0.15, -0.1) is 11.8 Å². The van der Waals surface area contributed by atoms with Gasteiger partial charge in [0.25, 0.3) is 0 Å². The summed E-state index contributed by atoms with van der Waals surface area (Å²) in [6.45, 7) is 4.74. The van der Waals surface area contributed by atoms with E-state index < -0.39 is 0 Å². The normalized spacial score (nSPS) is 13.6. The first-order valence-electron chi connectivity index (χ1n) is 19.3. The van der Waals surface area contributed by atoms with Gasteiger partial charge in [0.05, 0.1) is 33.1 Å². The SMILES string of the molecule is C=C(/C=C1\CSc2ccc(-n3c4ccccc4c4cnccc43)cc21)n1c2ccccc2c2cc(-c3cccc4c3c3ccccc3n4-c3ccccc3)ccc21. The van der Waals surface area contributed by atoms with Gasteiger partial charge in [0, 0.05) is 72.4 Å². The van der Waals surface area contributed by atoms with Crippen LogP contribution in [0.15, 0.2) is 194 Å². The number of para-hydroxylation sites is 4. The van der Waals surface area contributed by atoms with Crippen molar-refractivity contribution < 1.29 is 0 Å². The van der Waals surface area contributed by atoms with Gasteiger partial charge < -0.3 is 13.7 Å². The summed E-state index contributed by atoms with van der Waals surface area (Å²) in [5, 5.41) is 7.33. The van der Waals surface area contributed by atoms with Gasteiger partial charge in [-0.25, -0.2) is 0 Å². The van der Waals surface area contributed by atoms with Crippen LogP contribution in [-0.4, -0.2) is 24.4 Å². The number of thioether (sulfide) groups is 1. The Morgan fingerprint density at radius 1 is 0.526 bits per heavy atom. The van der Waals surface area contributed by atoms with E-state index in [2.05, 4.69) is 189 Å². The molecule has 0 unspecified atom stereocenters. The van der Waals surface area contributed by atoms with Crippen molar-refractivity contribution in [2.45, 2.75) is 4.90 Å². The Bertz CT molecular complexity index is 3430. The molecule has 0 spiro atoms. The molecule has 1 aliphatic heterocycles. The minimum absolute atomic E-state index is 0.900. The van der Waals surface area contributed by atoms with Gasteiger partial charge in [-0.05, 0) is 101 Å². The fraction of sp³-hybridized carbons (Fsp3) is 0.0192. The summed E-state index contributed by atoms with van der Waals surface area (Å²) in [5.41, 5.74) is 15.3. The number of aromatic nitrogens is 4. The molecule has 12 rings (SSSR count). The van der Waals surface area contributed by atoms with E-state index >= 15 is 0 Å². The monoisotopic (exact) mass is 746 g/mol. The molecule has 0 saturated carbocycles. The Kier molecular flexibility index (Phi) is 7.04. The zero-order chi connectivity index (χ0) is 37.6. The molecule has 5 heteroatoms. The largest absolute Gasteiger partial charge is 0.310 e. The molecule has 0 aliphatic carbocycles. The quantitative estimate of drug-likeness (QED) is 0.175. The number of hydrogen-bond acceptors (Lipinski definition) is 2. The minimum atomic E-state index is 0.900. The van der Waals surface area contributed by atoms with E-state index in [0.717, 1.165) is 44.8 Å². The van der Waals surface area contributed by atoms with Crippen LogP contribution in [0.25, 0.3) is 99.2 Å². The van der Waals surface area contributed by atoms with Crippen LogP contribution in [0.2, 0.25) is 0 Å². The van der Waals surface area contributed by atoms with Crippen LogP contribution in [0.5, 0.6) is 0 Å². The lowest BCUT2D eigenvalue weighted by Gasteiger charge is -2.12. The van der Waals surface area contributed by atoms with Crippen LogP contribution in [-0.2, 0) is 0 Å². The second-order valence-electron chi connectivity index (χ2n) is 14.8. The minimum Gasteiger partial charge on any atom is -0.310 e. The summed E-state index contributed by atoms with van der Waals surface area (Å²) in [6.07, 6.45) is 6.17. The van der Waals surface area contributed by atoms with Gasteiger partial charge in [0.1, 0.15) is 0 Å². The maximum absolute atomic E-state index is 4.74. The highest BCUT2D eigenvalue weighted by Gasteiger charge is 2.22. The summed E-state index contributed by atoms with van der Waals surface area (Å²) >= 11 is 1.90. The van der Waals surface area contributed by atoms with Crippen molar-refractivity contribution in [2.24, 2.45) is 0 Å². The van der Waals surface area contributed by atoms with Crippen molar-refractivity contribution in [3.63, 3.8) is 0 Å². The molecule has 268 valence electrons. The van der Waals surface area contributed by atoms with Crippen LogP contribution in [0, 0.1) is 0 Å². The van der Waals surface area contributed by atoms with Crippen LogP contribution >= 0.6 is 11.8 Å². The summed E-state index contributed by atoms with van der Waals surface area (Å²) in [6, 6.07) is 59.5. The van der Waals surface area contributed by atoms with Gasteiger partial charge >= 0.3 is 0 Å². The Morgan fingerprint density at radius 2 is 1.19 bits per heavy atom. The first-order chi connectivity index (χ1) is 28.2. The van der Waals surface area contributed by atoms with E-state index in [-0.39, 0.29) is 0 Å². The number of benzene rings is 7. The lowest BCUT2D eigenvalue weighted by Crippen LogP contribution is -1.97. The number of allylic oxidation sites excluding steroid dienone is 2. The molecule has 0 radical (unpaired) electrons. The molecule has 0 amide bonds. The smallest absolute Gasteiger partial charge is 0.0571 e. The second kappa shape index (κ2) is 12.5. The molecule has 0 bridgehead atoms. The van der Waals surface area contributed by atoms with E-state index in [1.54, 1.807) is 0 Å². The zero-order valence-electron chi connectivity index (χ0n) is 30.9. The Labute approximate surface area is 333 Å².